The van der Waals surface area contributed by atoms with Crippen LogP contribution >= 0.6 is 11.8 Å². The number of carbonyl (C=O) groups excluding carboxylic acids is 2. The quantitative estimate of drug-likeness (QED) is 0.508. The molecule has 0 aliphatic heterocycles. The second-order valence-electron chi connectivity index (χ2n) is 6.48. The molecule has 1 N–H and O–H groups in total. The lowest BCUT2D eigenvalue weighted by Crippen LogP contribution is -2.32. The number of alkyl carbamates (subject to hydrolysis) is 1. The van der Waals surface area contributed by atoms with Gasteiger partial charge in [0.1, 0.15) is 5.75 Å². The van der Waals surface area contributed by atoms with Crippen LogP contribution in [0.3, 0.4) is 0 Å². The highest BCUT2D eigenvalue weighted by Crippen LogP contribution is 2.26. The van der Waals surface area contributed by atoms with Crippen molar-refractivity contribution in [2.24, 2.45) is 0 Å². The first-order valence-corrected chi connectivity index (χ1v) is 10.8. The van der Waals surface area contributed by atoms with Crippen LogP contribution in [0, 0.1) is 0 Å². The van der Waals surface area contributed by atoms with Crippen molar-refractivity contribution in [1.29, 1.82) is 0 Å². The van der Waals surface area contributed by atoms with E-state index >= 15 is 0 Å². The van der Waals surface area contributed by atoms with Gasteiger partial charge in [0.15, 0.2) is 11.0 Å². The molecule has 0 atom stereocenters. The van der Waals surface area contributed by atoms with Crippen LogP contribution in [0.15, 0.2) is 59.8 Å². The molecule has 3 rings (SSSR count). The van der Waals surface area contributed by atoms with Gasteiger partial charge in [-0.15, -0.1) is 10.2 Å². The Kier molecular flexibility index (Phi) is 8.05. The van der Waals surface area contributed by atoms with Crippen LogP contribution in [0.2, 0.25) is 0 Å². The number of nitrogens with zero attached hydrogens (tertiary/aromatic N) is 3. The molecule has 0 spiro atoms. The number of benzene rings is 2. The minimum absolute atomic E-state index is 0.0187. The third-order valence-corrected chi connectivity index (χ3v) is 5.35. The number of aryl methyl sites for hydroxylation is 1. The molecule has 0 fully saturated rings. The summed E-state index contributed by atoms with van der Waals surface area (Å²) in [5, 5.41) is 11.4. The van der Waals surface area contributed by atoms with Gasteiger partial charge in [-0.1, -0.05) is 42.1 Å². The first kappa shape index (κ1) is 22.4. The van der Waals surface area contributed by atoms with Gasteiger partial charge in [-0.3, -0.25) is 10.1 Å². The highest BCUT2D eigenvalue weighted by atomic mass is 32.2. The molecule has 0 saturated heterocycles. The summed E-state index contributed by atoms with van der Waals surface area (Å²) in [6.07, 6.45) is 0.0301. The molecule has 0 unspecified atom stereocenters. The minimum atomic E-state index is -0.752. The lowest BCUT2D eigenvalue weighted by Gasteiger charge is -2.11. The van der Waals surface area contributed by atoms with E-state index in [1.54, 1.807) is 14.0 Å². The molecule has 31 heavy (non-hydrogen) atoms. The summed E-state index contributed by atoms with van der Waals surface area (Å²) in [4.78, 5) is 23.5. The zero-order chi connectivity index (χ0) is 22.1. The maximum Gasteiger partial charge on any atom is 0.413 e. The maximum atomic E-state index is 12.0. The van der Waals surface area contributed by atoms with E-state index in [1.165, 1.54) is 17.3 Å². The number of carbonyl (C=O) groups is 2. The van der Waals surface area contributed by atoms with Gasteiger partial charge < -0.3 is 14.0 Å². The fourth-order valence-electron chi connectivity index (χ4n) is 2.88. The first-order chi connectivity index (χ1) is 15.1. The zero-order valence-electron chi connectivity index (χ0n) is 17.4. The number of imide groups is 1. The number of hydrogen-bond acceptors (Lipinski definition) is 7. The van der Waals surface area contributed by atoms with Gasteiger partial charge >= 0.3 is 6.09 Å². The van der Waals surface area contributed by atoms with Gasteiger partial charge in [0, 0.05) is 12.1 Å². The number of hydrogen-bond donors (Lipinski definition) is 1. The number of nitrogens with one attached hydrogen (secondary N) is 1. The summed E-state index contributed by atoms with van der Waals surface area (Å²) in [6.45, 7) is 2.51. The highest BCUT2D eigenvalue weighted by Gasteiger charge is 2.17. The zero-order valence-corrected chi connectivity index (χ0v) is 18.2. The molecule has 0 radical (unpaired) electrons. The van der Waals surface area contributed by atoms with E-state index in [0.29, 0.717) is 17.5 Å². The Bertz CT molecular complexity index is 1010. The largest absolute Gasteiger partial charge is 0.497 e. The van der Waals surface area contributed by atoms with Crippen molar-refractivity contribution in [3.05, 3.63) is 60.2 Å². The van der Waals surface area contributed by atoms with Crippen LogP contribution in [0.4, 0.5) is 4.79 Å². The highest BCUT2D eigenvalue weighted by molar-refractivity contribution is 7.99. The van der Waals surface area contributed by atoms with Crippen LogP contribution in [-0.4, -0.2) is 46.2 Å². The van der Waals surface area contributed by atoms with Crippen molar-refractivity contribution in [2.45, 2.75) is 25.0 Å². The second kappa shape index (κ2) is 11.2. The molecule has 0 bridgehead atoms. The van der Waals surface area contributed by atoms with Crippen molar-refractivity contribution in [3.8, 4) is 17.1 Å². The summed E-state index contributed by atoms with van der Waals surface area (Å²) >= 11 is 1.22. The van der Waals surface area contributed by atoms with Crippen LogP contribution in [-0.2, 0) is 22.5 Å². The predicted octanol–water partition coefficient (Wildman–Crippen LogP) is 3.56. The van der Waals surface area contributed by atoms with E-state index in [1.807, 2.05) is 47.0 Å². The Labute approximate surface area is 185 Å². The molecule has 2 aromatic carbocycles. The molecule has 9 heteroatoms. The van der Waals surface area contributed by atoms with Crippen LogP contribution in [0.25, 0.3) is 11.4 Å². The SMILES string of the molecule is CCOC(=O)NC(=O)CSc1nnc(-c2ccc(OC)cc2)n1CCc1ccccc1. The lowest BCUT2D eigenvalue weighted by molar-refractivity contribution is -0.117. The summed E-state index contributed by atoms with van der Waals surface area (Å²) in [6, 6.07) is 17.7. The lowest BCUT2D eigenvalue weighted by atomic mass is 10.1. The Morgan fingerprint density at radius 2 is 1.81 bits per heavy atom. The van der Waals surface area contributed by atoms with Crippen LogP contribution in [0.1, 0.15) is 12.5 Å². The van der Waals surface area contributed by atoms with Gasteiger partial charge in [-0.05, 0) is 43.2 Å². The normalized spacial score (nSPS) is 10.5. The fraction of sp³-hybridized carbons (Fsp3) is 0.273. The molecule has 2 amide bonds. The molecular formula is C22H24N4O4S. The fourth-order valence-corrected chi connectivity index (χ4v) is 3.65. The smallest absolute Gasteiger partial charge is 0.413 e. The van der Waals surface area contributed by atoms with E-state index in [2.05, 4.69) is 27.6 Å². The molecule has 0 aliphatic rings. The Hall–Kier alpha value is -3.33. The van der Waals surface area contributed by atoms with E-state index in [0.717, 1.165) is 17.7 Å². The number of thioether (sulfide) groups is 1. The summed E-state index contributed by atoms with van der Waals surface area (Å²) < 4.78 is 11.9. The average Bonchev–Trinajstić information content (AvgIpc) is 3.20. The predicted molar refractivity (Wildman–Crippen MR) is 118 cm³/mol. The Morgan fingerprint density at radius 3 is 2.48 bits per heavy atom. The standard InChI is InChI=1S/C22H24N4O4S/c1-3-30-22(28)23-19(27)15-31-21-25-24-20(17-9-11-18(29-2)12-10-17)26(21)14-13-16-7-5-4-6-8-16/h4-12H,3,13-15H2,1-2H3,(H,23,27,28). The van der Waals surface area contributed by atoms with Crippen molar-refractivity contribution < 1.29 is 19.1 Å². The average molecular weight is 441 g/mol. The van der Waals surface area contributed by atoms with Crippen LogP contribution < -0.4 is 10.1 Å². The van der Waals surface area contributed by atoms with E-state index in [9.17, 15) is 9.59 Å². The van der Waals surface area contributed by atoms with Crippen molar-refractivity contribution in [1.82, 2.24) is 20.1 Å². The molecule has 8 nitrogen and oxygen atoms in total. The van der Waals surface area contributed by atoms with Gasteiger partial charge in [-0.2, -0.15) is 0 Å². The number of rotatable bonds is 9. The summed E-state index contributed by atoms with van der Waals surface area (Å²) in [7, 11) is 1.62. The number of methoxy groups -OCH3 is 1. The second-order valence-corrected chi connectivity index (χ2v) is 7.42. The summed E-state index contributed by atoms with van der Waals surface area (Å²) in [5.74, 6) is 1.02. The topological polar surface area (TPSA) is 95.3 Å². The monoisotopic (exact) mass is 440 g/mol. The molecule has 1 aromatic heterocycles. The number of amides is 2. The Balaban J connectivity index is 1.78. The van der Waals surface area contributed by atoms with Gasteiger partial charge in [0.05, 0.1) is 19.5 Å². The van der Waals surface area contributed by atoms with Crippen molar-refractivity contribution in [3.63, 3.8) is 0 Å². The molecule has 162 valence electrons. The molecule has 1 heterocycles. The Morgan fingerprint density at radius 1 is 1.06 bits per heavy atom. The molecular weight excluding hydrogens is 416 g/mol. The van der Waals surface area contributed by atoms with E-state index < -0.39 is 12.0 Å². The maximum absolute atomic E-state index is 12.0. The van der Waals surface area contributed by atoms with Crippen molar-refractivity contribution >= 4 is 23.8 Å². The number of ether oxygens (including phenoxy) is 2. The van der Waals surface area contributed by atoms with Gasteiger partial charge in [0.25, 0.3) is 0 Å². The van der Waals surface area contributed by atoms with Gasteiger partial charge in [0.2, 0.25) is 5.91 Å². The van der Waals surface area contributed by atoms with Crippen LogP contribution in [0.5, 0.6) is 5.75 Å². The molecule has 3 aromatic rings. The third-order valence-electron chi connectivity index (χ3n) is 4.38. The molecule has 0 aliphatic carbocycles. The third kappa shape index (κ3) is 6.32. The summed E-state index contributed by atoms with van der Waals surface area (Å²) in [5.41, 5.74) is 2.08. The molecule has 0 saturated carbocycles. The first-order valence-electron chi connectivity index (χ1n) is 9.81. The van der Waals surface area contributed by atoms with E-state index in [-0.39, 0.29) is 12.4 Å². The minimum Gasteiger partial charge on any atom is -0.497 e. The van der Waals surface area contributed by atoms with Gasteiger partial charge in [-0.25, -0.2) is 4.79 Å². The van der Waals surface area contributed by atoms with Crippen molar-refractivity contribution in [2.75, 3.05) is 19.5 Å². The van der Waals surface area contributed by atoms with E-state index in [4.69, 9.17) is 9.47 Å². The number of aromatic nitrogens is 3.